The highest BCUT2D eigenvalue weighted by molar-refractivity contribution is 5.81. The Labute approximate surface area is 97.3 Å². The van der Waals surface area contributed by atoms with Crippen molar-refractivity contribution in [3.8, 4) is 0 Å². The fourth-order valence-electron chi connectivity index (χ4n) is 1.87. The Morgan fingerprint density at radius 2 is 1.88 bits per heavy atom. The van der Waals surface area contributed by atoms with E-state index in [9.17, 15) is 0 Å². The van der Waals surface area contributed by atoms with Crippen LogP contribution in [0.3, 0.4) is 0 Å². The second-order valence-electron chi connectivity index (χ2n) is 5.36. The summed E-state index contributed by atoms with van der Waals surface area (Å²) in [5.41, 5.74) is 2.79. The van der Waals surface area contributed by atoms with Gasteiger partial charge in [0.25, 0.3) is 0 Å². The predicted octanol–water partition coefficient (Wildman–Crippen LogP) is 3.07. The maximum Gasteiger partial charge on any atom is 0.0480 e. The Bertz CT molecular complexity index is 489. The number of rotatable bonds is 2. The smallest absolute Gasteiger partial charge is 0.0480 e. The molecule has 0 amide bonds. The Morgan fingerprint density at radius 1 is 1.19 bits per heavy atom. The summed E-state index contributed by atoms with van der Waals surface area (Å²) in [5, 5.41) is 4.83. The molecule has 0 aliphatic carbocycles. The van der Waals surface area contributed by atoms with Gasteiger partial charge >= 0.3 is 0 Å². The van der Waals surface area contributed by atoms with Crippen LogP contribution in [0.2, 0.25) is 0 Å². The standard InChI is InChI=1S/C14H20N2/c1-14(2,3)15-10-12-9-11-7-5-6-8-13(11)16(12)4/h5-9,15H,10H2,1-4H3. The van der Waals surface area contributed by atoms with Crippen molar-refractivity contribution >= 4 is 10.9 Å². The summed E-state index contributed by atoms with van der Waals surface area (Å²) >= 11 is 0. The van der Waals surface area contributed by atoms with Crippen molar-refractivity contribution in [2.45, 2.75) is 32.9 Å². The minimum absolute atomic E-state index is 0.163. The van der Waals surface area contributed by atoms with Crippen LogP contribution in [0.1, 0.15) is 26.5 Å². The predicted molar refractivity (Wildman–Crippen MR) is 69.5 cm³/mol. The van der Waals surface area contributed by atoms with Crippen LogP contribution >= 0.6 is 0 Å². The van der Waals surface area contributed by atoms with Gasteiger partial charge in [0.15, 0.2) is 0 Å². The molecule has 0 radical (unpaired) electrons. The zero-order valence-electron chi connectivity index (χ0n) is 10.5. The molecule has 0 fully saturated rings. The summed E-state index contributed by atoms with van der Waals surface area (Å²) < 4.78 is 2.26. The lowest BCUT2D eigenvalue weighted by Crippen LogP contribution is -2.35. The van der Waals surface area contributed by atoms with Crippen molar-refractivity contribution in [2.75, 3.05) is 0 Å². The number of hydrogen-bond acceptors (Lipinski definition) is 1. The van der Waals surface area contributed by atoms with Gasteiger partial charge in [-0.25, -0.2) is 0 Å². The second-order valence-corrected chi connectivity index (χ2v) is 5.36. The van der Waals surface area contributed by atoms with Crippen LogP contribution in [0.15, 0.2) is 30.3 Å². The van der Waals surface area contributed by atoms with Crippen LogP contribution in [0.4, 0.5) is 0 Å². The highest BCUT2D eigenvalue weighted by atomic mass is 15.0. The van der Waals surface area contributed by atoms with E-state index in [-0.39, 0.29) is 5.54 Å². The first-order chi connectivity index (χ1) is 7.47. The molecule has 0 saturated heterocycles. The first-order valence-electron chi connectivity index (χ1n) is 5.76. The Kier molecular flexibility index (Phi) is 2.76. The van der Waals surface area contributed by atoms with Gasteiger partial charge in [0.1, 0.15) is 0 Å². The molecular formula is C14H20N2. The van der Waals surface area contributed by atoms with Crippen LogP contribution in [0, 0.1) is 0 Å². The molecule has 86 valence electrons. The minimum Gasteiger partial charge on any atom is -0.346 e. The Balaban J connectivity index is 2.28. The lowest BCUT2D eigenvalue weighted by Gasteiger charge is -2.20. The molecule has 16 heavy (non-hydrogen) atoms. The lowest BCUT2D eigenvalue weighted by atomic mass is 10.1. The number of para-hydroxylation sites is 1. The van der Waals surface area contributed by atoms with E-state index >= 15 is 0 Å². The van der Waals surface area contributed by atoms with Crippen LogP contribution in [0.5, 0.6) is 0 Å². The molecule has 0 aliphatic rings. The zero-order chi connectivity index (χ0) is 11.8. The first-order valence-corrected chi connectivity index (χ1v) is 5.76. The summed E-state index contributed by atoms with van der Waals surface area (Å²) in [6, 6.07) is 10.8. The van der Waals surface area contributed by atoms with Crippen LogP contribution < -0.4 is 5.32 Å². The van der Waals surface area contributed by atoms with Crippen LogP contribution in [-0.2, 0) is 13.6 Å². The number of nitrogens with one attached hydrogen (secondary N) is 1. The Hall–Kier alpha value is -1.28. The molecule has 1 aromatic heterocycles. The van der Waals surface area contributed by atoms with Crippen molar-refractivity contribution in [1.82, 2.24) is 9.88 Å². The number of aromatic nitrogens is 1. The lowest BCUT2D eigenvalue weighted by molar-refractivity contribution is 0.418. The van der Waals surface area contributed by atoms with E-state index < -0.39 is 0 Å². The van der Waals surface area contributed by atoms with Crippen molar-refractivity contribution in [1.29, 1.82) is 0 Å². The highest BCUT2D eigenvalue weighted by Gasteiger charge is 2.10. The molecule has 1 N–H and O–H groups in total. The van der Waals surface area contributed by atoms with Gasteiger partial charge in [0, 0.05) is 30.3 Å². The third-order valence-corrected chi connectivity index (χ3v) is 2.85. The molecule has 0 unspecified atom stereocenters. The number of fused-ring (bicyclic) bond motifs is 1. The zero-order valence-corrected chi connectivity index (χ0v) is 10.5. The third kappa shape index (κ3) is 2.27. The monoisotopic (exact) mass is 216 g/mol. The van der Waals surface area contributed by atoms with E-state index in [2.05, 4.69) is 68.0 Å². The molecule has 0 aliphatic heterocycles. The minimum atomic E-state index is 0.163. The summed E-state index contributed by atoms with van der Waals surface area (Å²) in [5.74, 6) is 0. The molecule has 2 nitrogen and oxygen atoms in total. The fraction of sp³-hybridized carbons (Fsp3) is 0.429. The molecule has 2 rings (SSSR count). The normalized spacial score (nSPS) is 12.2. The maximum atomic E-state index is 3.52. The van der Waals surface area contributed by atoms with E-state index in [1.54, 1.807) is 0 Å². The van der Waals surface area contributed by atoms with Crippen LogP contribution in [0.25, 0.3) is 10.9 Å². The van der Waals surface area contributed by atoms with Gasteiger partial charge in [-0.3, -0.25) is 0 Å². The summed E-state index contributed by atoms with van der Waals surface area (Å²) in [4.78, 5) is 0. The molecule has 0 spiro atoms. The molecule has 0 bridgehead atoms. The summed E-state index contributed by atoms with van der Waals surface area (Å²) in [6.45, 7) is 7.48. The largest absolute Gasteiger partial charge is 0.346 e. The van der Waals surface area contributed by atoms with E-state index in [0.29, 0.717) is 0 Å². The Morgan fingerprint density at radius 3 is 2.50 bits per heavy atom. The van der Waals surface area contributed by atoms with Gasteiger partial charge in [0.05, 0.1) is 0 Å². The second kappa shape index (κ2) is 3.95. The molecular weight excluding hydrogens is 196 g/mol. The van der Waals surface area contributed by atoms with Gasteiger partial charge < -0.3 is 9.88 Å². The fourth-order valence-corrected chi connectivity index (χ4v) is 1.87. The average molecular weight is 216 g/mol. The van der Waals surface area contributed by atoms with Crippen molar-refractivity contribution < 1.29 is 0 Å². The van der Waals surface area contributed by atoms with E-state index in [1.165, 1.54) is 16.6 Å². The topological polar surface area (TPSA) is 17.0 Å². The summed E-state index contributed by atoms with van der Waals surface area (Å²) in [6.07, 6.45) is 0. The number of nitrogens with zero attached hydrogens (tertiary/aromatic N) is 1. The van der Waals surface area contributed by atoms with Crippen molar-refractivity contribution in [3.63, 3.8) is 0 Å². The van der Waals surface area contributed by atoms with Gasteiger partial charge in [-0.2, -0.15) is 0 Å². The molecule has 1 aromatic carbocycles. The molecule has 2 aromatic rings. The average Bonchev–Trinajstić information content (AvgIpc) is 2.53. The maximum absolute atomic E-state index is 3.52. The van der Waals surface area contributed by atoms with Gasteiger partial charge in [-0.05, 0) is 38.3 Å². The van der Waals surface area contributed by atoms with E-state index in [0.717, 1.165) is 6.54 Å². The number of aryl methyl sites for hydroxylation is 1. The van der Waals surface area contributed by atoms with Gasteiger partial charge in [-0.15, -0.1) is 0 Å². The van der Waals surface area contributed by atoms with E-state index in [1.807, 2.05) is 0 Å². The van der Waals surface area contributed by atoms with Gasteiger partial charge in [0.2, 0.25) is 0 Å². The quantitative estimate of drug-likeness (QED) is 0.816. The SMILES string of the molecule is Cn1c(CNC(C)(C)C)cc2ccccc21. The number of benzene rings is 1. The first kappa shape index (κ1) is 11.2. The molecule has 0 atom stereocenters. The van der Waals surface area contributed by atoms with Crippen molar-refractivity contribution in [3.05, 3.63) is 36.0 Å². The summed E-state index contributed by atoms with van der Waals surface area (Å²) in [7, 11) is 2.13. The van der Waals surface area contributed by atoms with Gasteiger partial charge in [-0.1, -0.05) is 18.2 Å². The highest BCUT2D eigenvalue weighted by Crippen LogP contribution is 2.18. The number of hydrogen-bond donors (Lipinski definition) is 1. The molecule has 0 saturated carbocycles. The molecule has 1 heterocycles. The molecule has 2 heteroatoms. The van der Waals surface area contributed by atoms with Crippen molar-refractivity contribution in [2.24, 2.45) is 7.05 Å². The van der Waals surface area contributed by atoms with Crippen LogP contribution in [-0.4, -0.2) is 10.1 Å². The third-order valence-electron chi connectivity index (χ3n) is 2.85. The van der Waals surface area contributed by atoms with E-state index in [4.69, 9.17) is 0 Å².